The number of fused-ring (bicyclic) bond motifs is 1. The molecule has 132 valence electrons. The normalized spacial score (nSPS) is 10.8. The Bertz CT molecular complexity index is 1220. The molecule has 0 saturated heterocycles. The number of pyridine rings is 1. The van der Waals surface area contributed by atoms with E-state index in [2.05, 4.69) is 0 Å². The zero-order valence-electron chi connectivity index (χ0n) is 14.3. The van der Waals surface area contributed by atoms with Crippen molar-refractivity contribution in [2.45, 2.75) is 0 Å². The third-order valence-electron chi connectivity index (χ3n) is 4.50. The predicted molar refractivity (Wildman–Crippen MR) is 106 cm³/mol. The second-order valence-electron chi connectivity index (χ2n) is 6.27. The fourth-order valence-electron chi connectivity index (χ4n) is 3.11. The van der Waals surface area contributed by atoms with E-state index in [1.807, 2.05) is 42.5 Å². The van der Waals surface area contributed by atoms with Crippen LogP contribution in [0.5, 0.6) is 0 Å². The minimum Gasteiger partial charge on any atom is -0.477 e. The summed E-state index contributed by atoms with van der Waals surface area (Å²) in [4.78, 5) is 23.8. The van der Waals surface area contributed by atoms with Crippen molar-refractivity contribution < 1.29 is 9.90 Å². The lowest BCUT2D eigenvalue weighted by Crippen LogP contribution is -2.18. The first-order valence-electron chi connectivity index (χ1n) is 8.38. The molecule has 4 rings (SSSR count). The molecule has 0 aliphatic rings. The van der Waals surface area contributed by atoms with Crippen molar-refractivity contribution in [1.29, 1.82) is 0 Å². The van der Waals surface area contributed by atoms with Crippen molar-refractivity contribution in [3.05, 3.63) is 94.8 Å². The summed E-state index contributed by atoms with van der Waals surface area (Å²) < 4.78 is 1.70. The molecular weight excluding hydrogens is 340 g/mol. The number of rotatable bonds is 3. The molecule has 3 N–H and O–H groups in total. The molecule has 5 nitrogen and oxygen atoms in total. The number of benzene rings is 3. The number of hydrogen-bond donors (Lipinski definition) is 2. The third-order valence-corrected chi connectivity index (χ3v) is 4.50. The maximum atomic E-state index is 12.3. The fourth-order valence-corrected chi connectivity index (χ4v) is 3.11. The van der Waals surface area contributed by atoms with Crippen LogP contribution in [0.2, 0.25) is 0 Å². The highest BCUT2D eigenvalue weighted by Gasteiger charge is 2.15. The van der Waals surface area contributed by atoms with Crippen molar-refractivity contribution in [2.24, 2.45) is 0 Å². The van der Waals surface area contributed by atoms with E-state index in [1.165, 1.54) is 12.3 Å². The number of carboxylic acids is 1. The van der Waals surface area contributed by atoms with Gasteiger partial charge in [-0.1, -0.05) is 36.4 Å². The Balaban J connectivity index is 2.00. The van der Waals surface area contributed by atoms with Crippen LogP contribution in [0.4, 0.5) is 5.69 Å². The van der Waals surface area contributed by atoms with Gasteiger partial charge in [0.1, 0.15) is 5.56 Å². The monoisotopic (exact) mass is 356 g/mol. The minimum atomic E-state index is -1.26. The number of aromatic nitrogens is 1. The number of aromatic carboxylic acids is 1. The summed E-state index contributed by atoms with van der Waals surface area (Å²) in [5.41, 5.74) is 7.70. The molecule has 0 unspecified atom stereocenters. The molecule has 0 aliphatic heterocycles. The van der Waals surface area contributed by atoms with Crippen molar-refractivity contribution >= 4 is 22.4 Å². The molecule has 0 aliphatic carbocycles. The molecule has 5 heteroatoms. The van der Waals surface area contributed by atoms with Gasteiger partial charge in [-0.3, -0.25) is 4.79 Å². The smallest absolute Gasteiger partial charge is 0.341 e. The van der Waals surface area contributed by atoms with Gasteiger partial charge in [0, 0.05) is 23.6 Å². The molecule has 0 bridgehead atoms. The maximum absolute atomic E-state index is 12.3. The van der Waals surface area contributed by atoms with Crippen LogP contribution in [-0.4, -0.2) is 15.6 Å². The highest BCUT2D eigenvalue weighted by molar-refractivity contribution is 5.89. The molecule has 0 fully saturated rings. The van der Waals surface area contributed by atoms with Gasteiger partial charge in [-0.25, -0.2) is 4.79 Å². The van der Waals surface area contributed by atoms with Crippen LogP contribution in [0.1, 0.15) is 10.4 Å². The van der Waals surface area contributed by atoms with E-state index in [4.69, 9.17) is 5.73 Å². The van der Waals surface area contributed by atoms with E-state index in [1.54, 1.807) is 28.8 Å². The van der Waals surface area contributed by atoms with E-state index < -0.39 is 11.4 Å². The van der Waals surface area contributed by atoms with Gasteiger partial charge in [0.2, 0.25) is 0 Å². The number of nitrogens with two attached hydrogens (primary N) is 1. The Morgan fingerprint density at radius 3 is 2.30 bits per heavy atom. The van der Waals surface area contributed by atoms with Gasteiger partial charge < -0.3 is 15.4 Å². The second-order valence-corrected chi connectivity index (χ2v) is 6.27. The highest BCUT2D eigenvalue weighted by atomic mass is 16.4. The van der Waals surface area contributed by atoms with Crippen LogP contribution in [0.3, 0.4) is 0 Å². The molecule has 0 saturated carbocycles. The van der Waals surface area contributed by atoms with E-state index in [0.717, 1.165) is 22.0 Å². The Morgan fingerprint density at radius 2 is 1.59 bits per heavy atom. The molecule has 27 heavy (non-hydrogen) atoms. The summed E-state index contributed by atoms with van der Waals surface area (Å²) in [5, 5.41) is 11.5. The topological polar surface area (TPSA) is 85.3 Å². The van der Waals surface area contributed by atoms with E-state index in [-0.39, 0.29) is 5.56 Å². The lowest BCUT2D eigenvalue weighted by Gasteiger charge is -2.15. The van der Waals surface area contributed by atoms with Crippen LogP contribution in [0.15, 0.2) is 83.8 Å². The van der Waals surface area contributed by atoms with Crippen molar-refractivity contribution in [3.8, 4) is 16.9 Å². The van der Waals surface area contributed by atoms with Gasteiger partial charge >= 0.3 is 5.97 Å². The SMILES string of the molecule is Nc1ccc(-n2cc(C(=O)O)c(=O)cc2-c2ccc3ccccc3c2)cc1. The second kappa shape index (κ2) is 6.46. The van der Waals surface area contributed by atoms with E-state index in [9.17, 15) is 14.7 Å². The number of nitrogen functional groups attached to an aromatic ring is 1. The van der Waals surface area contributed by atoms with Gasteiger partial charge in [-0.2, -0.15) is 0 Å². The molecule has 1 heterocycles. The quantitative estimate of drug-likeness (QED) is 0.545. The molecule has 0 amide bonds. The predicted octanol–water partition coefficient (Wildman–Crippen LogP) is 3.94. The lowest BCUT2D eigenvalue weighted by molar-refractivity contribution is 0.0695. The Labute approximate surface area is 154 Å². The van der Waals surface area contributed by atoms with Crippen molar-refractivity contribution in [3.63, 3.8) is 0 Å². The average Bonchev–Trinajstić information content (AvgIpc) is 2.68. The van der Waals surface area contributed by atoms with Gasteiger partial charge in [-0.05, 0) is 46.7 Å². The highest BCUT2D eigenvalue weighted by Crippen LogP contribution is 2.26. The van der Waals surface area contributed by atoms with E-state index >= 15 is 0 Å². The average molecular weight is 356 g/mol. The summed E-state index contributed by atoms with van der Waals surface area (Å²) in [6.07, 6.45) is 1.36. The Kier molecular flexibility index (Phi) is 3.97. The van der Waals surface area contributed by atoms with Crippen LogP contribution in [0, 0.1) is 0 Å². The molecule has 0 radical (unpaired) electrons. The summed E-state index contributed by atoms with van der Waals surface area (Å²) in [6.45, 7) is 0. The molecular formula is C22H16N2O3. The first-order chi connectivity index (χ1) is 13.0. The fraction of sp³-hybridized carbons (Fsp3) is 0. The largest absolute Gasteiger partial charge is 0.477 e. The summed E-state index contributed by atoms with van der Waals surface area (Å²) >= 11 is 0. The van der Waals surface area contributed by atoms with Crippen LogP contribution >= 0.6 is 0 Å². The summed E-state index contributed by atoms with van der Waals surface area (Å²) in [5.74, 6) is -1.26. The summed E-state index contributed by atoms with van der Waals surface area (Å²) in [7, 11) is 0. The van der Waals surface area contributed by atoms with E-state index in [0.29, 0.717) is 11.4 Å². The third kappa shape index (κ3) is 3.06. The number of anilines is 1. The molecule has 3 aromatic carbocycles. The summed E-state index contributed by atoms with van der Waals surface area (Å²) in [6, 6.07) is 22.2. The molecule has 1 aromatic heterocycles. The van der Waals surface area contributed by atoms with Gasteiger partial charge in [0.15, 0.2) is 5.43 Å². The number of hydrogen-bond acceptors (Lipinski definition) is 3. The first kappa shape index (κ1) is 16.6. The zero-order valence-corrected chi connectivity index (χ0v) is 14.3. The van der Waals surface area contributed by atoms with Crippen LogP contribution in [0.25, 0.3) is 27.7 Å². The Hall–Kier alpha value is -3.86. The van der Waals surface area contributed by atoms with Crippen molar-refractivity contribution in [1.82, 2.24) is 4.57 Å². The number of carboxylic acid groups (broad SMARTS) is 1. The van der Waals surface area contributed by atoms with Gasteiger partial charge in [0.05, 0.1) is 5.69 Å². The zero-order chi connectivity index (χ0) is 19.0. The molecule has 4 aromatic rings. The standard InChI is InChI=1S/C22H16N2O3/c23-17-7-9-18(10-8-17)24-13-19(22(26)27)21(25)12-20(24)16-6-5-14-3-1-2-4-15(14)11-16/h1-13H,23H2,(H,26,27). The molecule has 0 spiro atoms. The number of carbonyl (C=O) groups is 1. The number of nitrogens with zero attached hydrogens (tertiary/aromatic N) is 1. The van der Waals surface area contributed by atoms with Crippen LogP contribution < -0.4 is 11.2 Å². The molecule has 0 atom stereocenters. The van der Waals surface area contributed by atoms with Crippen LogP contribution in [-0.2, 0) is 0 Å². The Morgan fingerprint density at radius 1 is 0.889 bits per heavy atom. The van der Waals surface area contributed by atoms with Gasteiger partial charge in [0.25, 0.3) is 0 Å². The maximum Gasteiger partial charge on any atom is 0.341 e. The van der Waals surface area contributed by atoms with Gasteiger partial charge in [-0.15, -0.1) is 0 Å². The lowest BCUT2D eigenvalue weighted by atomic mass is 10.0. The minimum absolute atomic E-state index is 0.281. The first-order valence-corrected chi connectivity index (χ1v) is 8.38. The van der Waals surface area contributed by atoms with Crippen molar-refractivity contribution in [2.75, 3.05) is 5.73 Å².